The summed E-state index contributed by atoms with van der Waals surface area (Å²) in [4.78, 5) is 24.6. The van der Waals surface area contributed by atoms with E-state index in [1.165, 1.54) is 0 Å². The van der Waals surface area contributed by atoms with Crippen molar-refractivity contribution in [3.63, 3.8) is 0 Å². The first kappa shape index (κ1) is 27.7. The van der Waals surface area contributed by atoms with E-state index in [2.05, 4.69) is 10.0 Å². The van der Waals surface area contributed by atoms with Gasteiger partial charge in [-0.1, -0.05) is 60.7 Å². The highest BCUT2D eigenvalue weighted by atomic mass is 32.2. The van der Waals surface area contributed by atoms with Crippen molar-refractivity contribution in [1.29, 1.82) is 0 Å². The van der Waals surface area contributed by atoms with Gasteiger partial charge in [-0.15, -0.1) is 0 Å². The lowest BCUT2D eigenvalue weighted by Gasteiger charge is -2.19. The molecular formula is C30H30N2O6S. The number of rotatable bonds is 11. The Morgan fingerprint density at radius 3 is 2.44 bits per heavy atom. The maximum atomic E-state index is 13.6. The van der Waals surface area contributed by atoms with Crippen LogP contribution in [0.2, 0.25) is 0 Å². The highest BCUT2D eigenvalue weighted by Crippen LogP contribution is 2.32. The molecule has 0 fully saturated rings. The number of hydrogen-bond acceptors (Lipinski definition) is 5. The van der Waals surface area contributed by atoms with E-state index in [0.717, 1.165) is 22.6 Å². The second kappa shape index (κ2) is 12.0. The third-order valence-electron chi connectivity index (χ3n) is 6.21. The molecule has 0 saturated heterocycles. The van der Waals surface area contributed by atoms with Crippen molar-refractivity contribution >= 4 is 38.4 Å². The number of sulfonamides is 1. The summed E-state index contributed by atoms with van der Waals surface area (Å²) >= 11 is 0. The zero-order chi connectivity index (χ0) is 28.0. The summed E-state index contributed by atoms with van der Waals surface area (Å²) in [5.41, 5.74) is 2.29. The predicted octanol–water partition coefficient (Wildman–Crippen LogP) is 5.90. The number of benzene rings is 4. The molecule has 1 unspecified atom stereocenters. The molecule has 0 aromatic heterocycles. The Hall–Kier alpha value is -4.37. The fraction of sp³-hybridized carbons (Fsp3) is 0.200. The van der Waals surface area contributed by atoms with Gasteiger partial charge in [0, 0.05) is 12.0 Å². The number of nitrogens with one attached hydrogen (secondary N) is 2. The van der Waals surface area contributed by atoms with Crippen LogP contribution in [0.1, 0.15) is 47.3 Å². The molecule has 0 bridgehead atoms. The van der Waals surface area contributed by atoms with Gasteiger partial charge < -0.3 is 15.2 Å². The van der Waals surface area contributed by atoms with E-state index in [1.54, 1.807) is 42.5 Å². The van der Waals surface area contributed by atoms with E-state index in [1.807, 2.05) is 49.4 Å². The van der Waals surface area contributed by atoms with Crippen LogP contribution in [0.3, 0.4) is 0 Å². The average molecular weight is 547 g/mol. The number of anilines is 1. The molecular weight excluding hydrogens is 516 g/mol. The van der Waals surface area contributed by atoms with Crippen molar-refractivity contribution < 1.29 is 27.9 Å². The van der Waals surface area contributed by atoms with Gasteiger partial charge in [0.05, 0.1) is 18.0 Å². The van der Waals surface area contributed by atoms with Crippen LogP contribution in [-0.2, 0) is 21.2 Å². The molecule has 0 heterocycles. The van der Waals surface area contributed by atoms with Gasteiger partial charge in [0.25, 0.3) is 5.91 Å². The number of carboxylic acid groups (broad SMARTS) is 1. The van der Waals surface area contributed by atoms with Gasteiger partial charge in [-0.3, -0.25) is 14.3 Å². The van der Waals surface area contributed by atoms with Crippen LogP contribution in [0.25, 0.3) is 10.8 Å². The normalized spacial score (nSPS) is 12.1. The van der Waals surface area contributed by atoms with E-state index < -0.39 is 16.0 Å². The molecule has 0 aliphatic carbocycles. The van der Waals surface area contributed by atoms with E-state index in [0.29, 0.717) is 29.7 Å². The number of aryl methyl sites for hydroxylation is 1. The fourth-order valence-corrected chi connectivity index (χ4v) is 4.99. The molecule has 0 aliphatic rings. The largest absolute Gasteiger partial charge is 0.481 e. The second-order valence-electron chi connectivity index (χ2n) is 9.30. The van der Waals surface area contributed by atoms with Crippen LogP contribution in [0, 0.1) is 0 Å². The van der Waals surface area contributed by atoms with Gasteiger partial charge in [0.15, 0.2) is 5.75 Å². The molecule has 39 heavy (non-hydrogen) atoms. The molecule has 4 rings (SSSR count). The molecule has 4 aromatic rings. The van der Waals surface area contributed by atoms with E-state index >= 15 is 0 Å². The predicted molar refractivity (Wildman–Crippen MR) is 152 cm³/mol. The lowest BCUT2D eigenvalue weighted by molar-refractivity contribution is -0.137. The Bertz CT molecular complexity index is 1610. The average Bonchev–Trinajstić information content (AvgIpc) is 2.89. The first-order valence-electron chi connectivity index (χ1n) is 12.5. The molecule has 9 heteroatoms. The highest BCUT2D eigenvalue weighted by molar-refractivity contribution is 7.92. The molecule has 8 nitrogen and oxygen atoms in total. The Morgan fingerprint density at radius 1 is 0.949 bits per heavy atom. The van der Waals surface area contributed by atoms with E-state index in [9.17, 15) is 18.0 Å². The number of ether oxygens (including phenoxy) is 1. The minimum atomic E-state index is -3.54. The van der Waals surface area contributed by atoms with Crippen LogP contribution in [0.4, 0.5) is 5.69 Å². The Kier molecular flexibility index (Phi) is 8.51. The minimum Gasteiger partial charge on any atom is -0.481 e. The third-order valence-corrected chi connectivity index (χ3v) is 6.80. The first-order chi connectivity index (χ1) is 18.6. The Balaban J connectivity index is 1.63. The SMILES string of the molecule is CC(NC(=O)c1cc(Oc2ccccc2NS(C)(=O)=O)ccc1CCCC(=O)O)c1cccc2ccccc12. The molecule has 3 N–H and O–H groups in total. The highest BCUT2D eigenvalue weighted by Gasteiger charge is 2.18. The van der Waals surface area contributed by atoms with Crippen molar-refractivity contribution in [2.24, 2.45) is 0 Å². The molecule has 0 aliphatic heterocycles. The van der Waals surface area contributed by atoms with Crippen molar-refractivity contribution in [3.05, 3.63) is 102 Å². The van der Waals surface area contributed by atoms with Gasteiger partial charge in [-0.2, -0.15) is 0 Å². The number of para-hydroxylation sites is 2. The Morgan fingerprint density at radius 2 is 1.67 bits per heavy atom. The smallest absolute Gasteiger partial charge is 0.303 e. The summed E-state index contributed by atoms with van der Waals surface area (Å²) in [7, 11) is -3.54. The maximum absolute atomic E-state index is 13.6. The van der Waals surface area contributed by atoms with Gasteiger partial charge in [0.1, 0.15) is 5.75 Å². The number of carboxylic acids is 1. The monoisotopic (exact) mass is 546 g/mol. The van der Waals surface area contributed by atoms with Crippen LogP contribution >= 0.6 is 0 Å². The summed E-state index contributed by atoms with van der Waals surface area (Å²) in [6.07, 6.45) is 1.80. The quantitative estimate of drug-likeness (QED) is 0.215. The number of fused-ring (bicyclic) bond motifs is 1. The summed E-state index contributed by atoms with van der Waals surface area (Å²) in [5, 5.41) is 14.3. The molecule has 0 radical (unpaired) electrons. The molecule has 1 amide bonds. The first-order valence-corrected chi connectivity index (χ1v) is 14.4. The number of carbonyl (C=O) groups excluding carboxylic acids is 1. The summed E-state index contributed by atoms with van der Waals surface area (Å²) in [6, 6.07) is 25.2. The van der Waals surface area contributed by atoms with E-state index in [-0.39, 0.29) is 29.8 Å². The zero-order valence-corrected chi connectivity index (χ0v) is 22.5. The second-order valence-corrected chi connectivity index (χ2v) is 11.1. The molecule has 0 spiro atoms. The Labute approximate surface area is 227 Å². The maximum Gasteiger partial charge on any atom is 0.303 e. The minimum absolute atomic E-state index is 0.0176. The molecule has 202 valence electrons. The summed E-state index contributed by atoms with van der Waals surface area (Å²) in [5.74, 6) is -0.617. The van der Waals surface area contributed by atoms with Gasteiger partial charge >= 0.3 is 5.97 Å². The molecule has 0 saturated carbocycles. The lowest BCUT2D eigenvalue weighted by Crippen LogP contribution is -2.27. The lowest BCUT2D eigenvalue weighted by atomic mass is 9.98. The van der Waals surface area contributed by atoms with Gasteiger partial charge in [-0.05, 0) is 65.9 Å². The van der Waals surface area contributed by atoms with Crippen LogP contribution < -0.4 is 14.8 Å². The fourth-order valence-electron chi connectivity index (χ4n) is 4.43. The van der Waals surface area contributed by atoms with Crippen molar-refractivity contribution in [2.45, 2.75) is 32.2 Å². The topological polar surface area (TPSA) is 122 Å². The summed E-state index contributed by atoms with van der Waals surface area (Å²) in [6.45, 7) is 1.91. The van der Waals surface area contributed by atoms with Crippen LogP contribution in [0.15, 0.2) is 84.9 Å². The third kappa shape index (κ3) is 7.36. The van der Waals surface area contributed by atoms with Crippen molar-refractivity contribution in [1.82, 2.24) is 5.32 Å². The zero-order valence-electron chi connectivity index (χ0n) is 21.7. The van der Waals surface area contributed by atoms with Crippen molar-refractivity contribution in [3.8, 4) is 11.5 Å². The summed E-state index contributed by atoms with van der Waals surface area (Å²) < 4.78 is 32.0. The molecule has 4 aromatic carbocycles. The van der Waals surface area contributed by atoms with Gasteiger partial charge in [0.2, 0.25) is 10.0 Å². The number of amides is 1. The van der Waals surface area contributed by atoms with Crippen LogP contribution in [0.5, 0.6) is 11.5 Å². The number of carbonyl (C=O) groups is 2. The number of aliphatic carboxylic acids is 1. The van der Waals surface area contributed by atoms with Crippen LogP contribution in [-0.4, -0.2) is 31.7 Å². The van der Waals surface area contributed by atoms with Gasteiger partial charge in [-0.25, -0.2) is 8.42 Å². The standard InChI is InChI=1S/C30H30N2O6S/c1-20(24-13-7-10-21-9-3-4-12-25(21)24)31-30(35)26-19-23(18-17-22(26)11-8-16-29(33)34)38-28-15-6-5-14-27(28)32-39(2,36)37/h3-7,9-10,12-15,17-20,32H,8,11,16H2,1-2H3,(H,31,35)(H,33,34). The molecule has 1 atom stereocenters. The van der Waals surface area contributed by atoms with E-state index in [4.69, 9.17) is 9.84 Å². The van der Waals surface area contributed by atoms with Crippen molar-refractivity contribution in [2.75, 3.05) is 11.0 Å². The number of hydrogen-bond donors (Lipinski definition) is 3.